The number of aromatic amines is 1. The second-order valence-electron chi connectivity index (χ2n) is 6.64. The maximum absolute atomic E-state index is 12.6. The van der Waals surface area contributed by atoms with E-state index in [4.69, 9.17) is 9.47 Å². The maximum Gasteiger partial charge on any atom is 0.411 e. The third-order valence-electron chi connectivity index (χ3n) is 4.07. The standard InChI is InChI=1S/C16H22F3N5O6/c1-7(2)12(26)22-15-21-11-9(13(27)23-15)20-6-24(11)14(28)10(8(4-25)29-3)30-5-16(17,18)19/h6-8,10,14,25,28H,4-5H2,1-3H3,(H2,21,22,23,26,27)/t8?,10-,14-/m1/s1. The first-order valence-corrected chi connectivity index (χ1v) is 8.76. The van der Waals surface area contributed by atoms with E-state index >= 15 is 0 Å². The molecule has 1 unspecified atom stereocenters. The monoisotopic (exact) mass is 437 g/mol. The molecule has 0 aliphatic heterocycles. The van der Waals surface area contributed by atoms with Crippen LogP contribution in [0.15, 0.2) is 11.1 Å². The molecule has 2 aromatic heterocycles. The van der Waals surface area contributed by atoms with Crippen molar-refractivity contribution in [3.8, 4) is 0 Å². The molecule has 2 aromatic rings. The summed E-state index contributed by atoms with van der Waals surface area (Å²) < 4.78 is 48.4. The van der Waals surface area contributed by atoms with Gasteiger partial charge in [-0.05, 0) is 0 Å². The van der Waals surface area contributed by atoms with Crippen molar-refractivity contribution in [2.24, 2.45) is 5.92 Å². The van der Waals surface area contributed by atoms with Gasteiger partial charge < -0.3 is 19.7 Å². The van der Waals surface area contributed by atoms with Gasteiger partial charge in [-0.15, -0.1) is 0 Å². The van der Waals surface area contributed by atoms with E-state index in [1.54, 1.807) is 13.8 Å². The van der Waals surface area contributed by atoms with Gasteiger partial charge >= 0.3 is 6.18 Å². The number of aromatic nitrogens is 4. The number of alkyl halides is 3. The minimum atomic E-state index is -4.70. The molecule has 14 heteroatoms. The van der Waals surface area contributed by atoms with Crippen LogP contribution in [0, 0.1) is 5.92 Å². The highest BCUT2D eigenvalue weighted by molar-refractivity contribution is 5.91. The predicted molar refractivity (Wildman–Crippen MR) is 96.6 cm³/mol. The molecule has 168 valence electrons. The molecule has 0 radical (unpaired) electrons. The number of anilines is 1. The van der Waals surface area contributed by atoms with Crippen LogP contribution in [-0.2, 0) is 14.3 Å². The Labute approximate surface area is 167 Å². The van der Waals surface area contributed by atoms with Gasteiger partial charge in [-0.3, -0.25) is 24.5 Å². The van der Waals surface area contributed by atoms with Gasteiger partial charge in [0.15, 0.2) is 17.4 Å². The molecule has 0 saturated carbocycles. The van der Waals surface area contributed by atoms with Crippen molar-refractivity contribution < 1.29 is 37.7 Å². The Bertz CT molecular complexity index is 924. The van der Waals surface area contributed by atoms with Gasteiger partial charge in [0, 0.05) is 13.0 Å². The molecule has 0 aliphatic rings. The first-order valence-electron chi connectivity index (χ1n) is 8.76. The summed E-state index contributed by atoms with van der Waals surface area (Å²) in [6.45, 7) is 0.752. The van der Waals surface area contributed by atoms with Crippen LogP contribution in [0.3, 0.4) is 0 Å². The fourth-order valence-electron chi connectivity index (χ4n) is 2.49. The lowest BCUT2D eigenvalue weighted by Gasteiger charge is -2.29. The fraction of sp³-hybridized carbons (Fsp3) is 0.625. The quantitative estimate of drug-likeness (QED) is 0.433. The fourth-order valence-corrected chi connectivity index (χ4v) is 2.49. The summed E-state index contributed by atoms with van der Waals surface area (Å²) in [5.74, 6) is -1.11. The van der Waals surface area contributed by atoms with E-state index in [1.807, 2.05) is 0 Å². The molecule has 3 atom stereocenters. The number of hydrogen-bond donors (Lipinski definition) is 4. The van der Waals surface area contributed by atoms with Crippen LogP contribution in [0.4, 0.5) is 19.1 Å². The molecule has 0 fully saturated rings. The molecular formula is C16H22F3N5O6. The van der Waals surface area contributed by atoms with Crippen molar-refractivity contribution in [1.82, 2.24) is 19.5 Å². The van der Waals surface area contributed by atoms with Gasteiger partial charge in [-0.1, -0.05) is 13.8 Å². The van der Waals surface area contributed by atoms with Crippen molar-refractivity contribution in [1.29, 1.82) is 0 Å². The minimum Gasteiger partial charge on any atom is -0.394 e. The Morgan fingerprint density at radius 3 is 2.60 bits per heavy atom. The Kier molecular flexibility index (Phi) is 7.52. The molecule has 2 heterocycles. The number of aliphatic hydroxyl groups is 2. The maximum atomic E-state index is 12.6. The van der Waals surface area contributed by atoms with Crippen molar-refractivity contribution in [2.75, 3.05) is 25.6 Å². The molecule has 0 spiro atoms. The summed E-state index contributed by atoms with van der Waals surface area (Å²) in [7, 11) is 1.12. The molecule has 0 saturated heterocycles. The lowest BCUT2D eigenvalue weighted by atomic mass is 10.1. The summed E-state index contributed by atoms with van der Waals surface area (Å²) in [5.41, 5.74) is -1.20. The number of carbonyl (C=O) groups is 1. The molecular weight excluding hydrogens is 415 g/mol. The number of carbonyl (C=O) groups excluding carboxylic acids is 1. The number of imidazole rings is 1. The minimum absolute atomic E-state index is 0.223. The zero-order chi connectivity index (χ0) is 22.6. The third kappa shape index (κ3) is 5.53. The molecule has 30 heavy (non-hydrogen) atoms. The van der Waals surface area contributed by atoms with Crippen molar-refractivity contribution in [3.05, 3.63) is 16.7 Å². The zero-order valence-electron chi connectivity index (χ0n) is 16.3. The smallest absolute Gasteiger partial charge is 0.394 e. The molecule has 0 aromatic carbocycles. The average Bonchev–Trinajstić information content (AvgIpc) is 3.08. The summed E-state index contributed by atoms with van der Waals surface area (Å²) in [6, 6.07) is 0. The van der Waals surface area contributed by atoms with E-state index in [2.05, 4.69) is 20.3 Å². The van der Waals surface area contributed by atoms with Gasteiger partial charge in [0.1, 0.15) is 18.8 Å². The highest BCUT2D eigenvalue weighted by Gasteiger charge is 2.36. The van der Waals surface area contributed by atoms with Crippen molar-refractivity contribution in [2.45, 2.75) is 38.5 Å². The Morgan fingerprint density at radius 1 is 1.40 bits per heavy atom. The first kappa shape index (κ1) is 23.7. The van der Waals surface area contributed by atoms with Crippen molar-refractivity contribution in [3.63, 3.8) is 0 Å². The number of halogens is 3. The van der Waals surface area contributed by atoms with Crippen LogP contribution in [0.25, 0.3) is 11.2 Å². The third-order valence-corrected chi connectivity index (χ3v) is 4.07. The Hall–Kier alpha value is -2.55. The van der Waals surface area contributed by atoms with Gasteiger partial charge in [-0.25, -0.2) is 4.98 Å². The molecule has 11 nitrogen and oxygen atoms in total. The van der Waals surface area contributed by atoms with Gasteiger partial charge in [0.05, 0.1) is 12.9 Å². The molecule has 4 N–H and O–H groups in total. The number of fused-ring (bicyclic) bond motifs is 1. The number of hydrogen-bond acceptors (Lipinski definition) is 8. The molecule has 2 rings (SSSR count). The van der Waals surface area contributed by atoms with Crippen LogP contribution in [-0.4, -0.2) is 74.3 Å². The van der Waals surface area contributed by atoms with E-state index in [0.717, 1.165) is 18.0 Å². The lowest BCUT2D eigenvalue weighted by molar-refractivity contribution is -0.221. The van der Waals surface area contributed by atoms with Gasteiger partial charge in [-0.2, -0.15) is 18.2 Å². The summed E-state index contributed by atoms with van der Waals surface area (Å²) in [6.07, 6.45) is -8.61. The lowest BCUT2D eigenvalue weighted by Crippen LogP contribution is -2.42. The number of aliphatic hydroxyl groups excluding tert-OH is 2. The van der Waals surface area contributed by atoms with Gasteiger partial charge in [0.25, 0.3) is 5.56 Å². The zero-order valence-corrected chi connectivity index (χ0v) is 16.3. The van der Waals surface area contributed by atoms with E-state index in [9.17, 15) is 33.0 Å². The summed E-state index contributed by atoms with van der Waals surface area (Å²) >= 11 is 0. The largest absolute Gasteiger partial charge is 0.411 e. The van der Waals surface area contributed by atoms with Crippen LogP contribution in [0.2, 0.25) is 0 Å². The summed E-state index contributed by atoms with van der Waals surface area (Å²) in [4.78, 5) is 34.2. The number of H-pyrrole nitrogens is 1. The van der Waals surface area contributed by atoms with Crippen molar-refractivity contribution >= 4 is 23.0 Å². The normalized spacial score (nSPS) is 15.4. The molecule has 0 aliphatic carbocycles. The van der Waals surface area contributed by atoms with Crippen LogP contribution >= 0.6 is 0 Å². The van der Waals surface area contributed by atoms with Crippen LogP contribution in [0.1, 0.15) is 20.1 Å². The highest BCUT2D eigenvalue weighted by atomic mass is 19.4. The molecule has 0 bridgehead atoms. The number of ether oxygens (including phenoxy) is 2. The molecule has 1 amide bonds. The average molecular weight is 437 g/mol. The summed E-state index contributed by atoms with van der Waals surface area (Å²) in [5, 5.41) is 22.4. The highest BCUT2D eigenvalue weighted by Crippen LogP contribution is 2.24. The second-order valence-corrected chi connectivity index (χ2v) is 6.64. The van der Waals surface area contributed by atoms with Crippen LogP contribution < -0.4 is 10.9 Å². The van der Waals surface area contributed by atoms with Crippen LogP contribution in [0.5, 0.6) is 0 Å². The van der Waals surface area contributed by atoms with E-state index in [0.29, 0.717) is 0 Å². The van der Waals surface area contributed by atoms with Gasteiger partial charge in [0.2, 0.25) is 11.9 Å². The number of nitrogens with one attached hydrogen (secondary N) is 2. The first-order chi connectivity index (χ1) is 14.0. The Morgan fingerprint density at radius 2 is 2.07 bits per heavy atom. The topological polar surface area (TPSA) is 152 Å². The van der Waals surface area contributed by atoms with E-state index in [1.165, 1.54) is 0 Å². The number of amides is 1. The Balaban J connectivity index is 2.45. The van der Waals surface area contributed by atoms with E-state index in [-0.39, 0.29) is 17.1 Å². The second kappa shape index (κ2) is 9.51. The SMILES string of the molecule is COC(CO)[C@@H](OCC(F)(F)F)[C@@H](O)n1cnc2c(=O)[nH]c(NC(=O)C(C)C)nc21. The van der Waals surface area contributed by atoms with E-state index < -0.39 is 55.2 Å². The number of nitrogens with zero attached hydrogens (tertiary/aromatic N) is 3. The number of rotatable bonds is 9. The number of methoxy groups -OCH3 is 1. The predicted octanol–water partition coefficient (Wildman–Crippen LogP) is 0.160.